The summed E-state index contributed by atoms with van der Waals surface area (Å²) in [5.74, 6) is 1.36. The minimum atomic E-state index is -1.43. The Morgan fingerprint density at radius 1 is 0.966 bits per heavy atom. The Morgan fingerprint density at radius 2 is 1.59 bits per heavy atom. The molecule has 6 nitrogen and oxygen atoms in total. The van der Waals surface area contributed by atoms with Gasteiger partial charge in [-0.1, -0.05) is 38.1 Å². The minimum Gasteiger partial charge on any atom is -0.496 e. The summed E-state index contributed by atoms with van der Waals surface area (Å²) < 4.78 is 25.7. The number of hydrogen-bond donors (Lipinski definition) is 0. The van der Waals surface area contributed by atoms with E-state index in [0.717, 1.165) is 11.3 Å². The molecule has 0 N–H and O–H groups in total. The number of aryl methyl sites for hydroxylation is 1. The molecule has 1 heterocycles. The molecule has 1 aromatic heterocycles. The zero-order valence-corrected chi connectivity index (χ0v) is 18.8. The molecule has 29 heavy (non-hydrogen) atoms. The molecule has 1 unspecified atom stereocenters. The Bertz CT molecular complexity index is 1050. The van der Waals surface area contributed by atoms with Gasteiger partial charge in [-0.15, -0.1) is 5.10 Å². The number of nitrogens with zero attached hydrogens (tertiary/aromatic N) is 3. The fourth-order valence-corrected chi connectivity index (χ4v) is 4.18. The molecule has 0 saturated carbocycles. The first kappa shape index (κ1) is 21.0. The topological polar surface area (TPSA) is 66.2 Å². The zero-order chi connectivity index (χ0) is 21.3. The molecule has 3 aromatic rings. The molecule has 0 saturated heterocycles. The molecule has 7 heteroatoms. The van der Waals surface area contributed by atoms with Crippen molar-refractivity contribution in [2.24, 2.45) is 0 Å². The molecular formula is C22H27N3O3S. The summed E-state index contributed by atoms with van der Waals surface area (Å²) in [4.78, 5) is 0.696. The van der Waals surface area contributed by atoms with E-state index in [-0.39, 0.29) is 5.41 Å². The van der Waals surface area contributed by atoms with E-state index in [2.05, 4.69) is 31.1 Å². The maximum Gasteiger partial charge on any atom is 0.177 e. The van der Waals surface area contributed by atoms with Gasteiger partial charge >= 0.3 is 0 Å². The first-order valence-corrected chi connectivity index (χ1v) is 10.5. The lowest BCUT2D eigenvalue weighted by Gasteiger charge is -2.18. The predicted octanol–water partition coefficient (Wildman–Crippen LogP) is 4.37. The van der Waals surface area contributed by atoms with Crippen molar-refractivity contribution in [1.82, 2.24) is 15.0 Å². The van der Waals surface area contributed by atoms with Crippen molar-refractivity contribution >= 4 is 10.8 Å². The Balaban J connectivity index is 2.01. The van der Waals surface area contributed by atoms with Crippen LogP contribution in [0.15, 0.2) is 46.3 Å². The van der Waals surface area contributed by atoms with Gasteiger partial charge in [0.2, 0.25) is 0 Å². The van der Waals surface area contributed by atoms with E-state index in [1.54, 1.807) is 18.9 Å². The molecule has 0 fully saturated rings. The van der Waals surface area contributed by atoms with Crippen molar-refractivity contribution in [3.63, 3.8) is 0 Å². The predicted molar refractivity (Wildman–Crippen MR) is 114 cm³/mol. The maximum atomic E-state index is 13.1. The first-order chi connectivity index (χ1) is 13.7. The average Bonchev–Trinajstić information content (AvgIpc) is 3.07. The molecule has 0 spiro atoms. The number of ether oxygens (including phenoxy) is 2. The first-order valence-electron chi connectivity index (χ1n) is 9.35. The number of benzene rings is 2. The maximum absolute atomic E-state index is 13.1. The Hall–Kier alpha value is -2.67. The molecule has 154 valence electrons. The quantitative estimate of drug-likeness (QED) is 0.622. The summed E-state index contributed by atoms with van der Waals surface area (Å²) in [6, 6.07) is 11.6. The highest BCUT2D eigenvalue weighted by Crippen LogP contribution is 2.32. The van der Waals surface area contributed by atoms with Crippen LogP contribution in [0.25, 0.3) is 5.69 Å². The number of hydrogen-bond acceptors (Lipinski definition) is 5. The summed E-state index contributed by atoms with van der Waals surface area (Å²) >= 11 is 0. The van der Waals surface area contributed by atoms with E-state index in [1.165, 1.54) is 5.56 Å². The van der Waals surface area contributed by atoms with Gasteiger partial charge in [-0.2, -0.15) is 0 Å². The van der Waals surface area contributed by atoms with Gasteiger partial charge in [0.15, 0.2) is 5.03 Å². The zero-order valence-electron chi connectivity index (χ0n) is 17.9. The van der Waals surface area contributed by atoms with Crippen molar-refractivity contribution in [3.8, 4) is 17.2 Å². The second-order valence-electron chi connectivity index (χ2n) is 7.93. The number of rotatable bonds is 5. The fourth-order valence-electron chi connectivity index (χ4n) is 3.11. The van der Waals surface area contributed by atoms with E-state index >= 15 is 0 Å². The normalized spacial score (nSPS) is 12.7. The average molecular weight is 414 g/mol. The summed E-state index contributed by atoms with van der Waals surface area (Å²) in [5.41, 5.74) is 3.56. The molecule has 2 aromatic carbocycles. The second-order valence-corrected chi connectivity index (χ2v) is 9.32. The molecule has 0 radical (unpaired) electrons. The molecule has 1 atom stereocenters. The standard InChI is InChI=1S/C22H27N3O3S/c1-14-12-20(28-7)18(13-19(14)27-6)25-15(2)21(23-24-25)29(26)17-10-8-16(9-11-17)22(3,4)5/h8-13H,1-7H3. The lowest BCUT2D eigenvalue weighted by atomic mass is 9.87. The van der Waals surface area contributed by atoms with Crippen LogP contribution in [-0.4, -0.2) is 33.4 Å². The smallest absolute Gasteiger partial charge is 0.177 e. The van der Waals surface area contributed by atoms with Crippen LogP contribution in [0, 0.1) is 13.8 Å². The summed E-state index contributed by atoms with van der Waals surface area (Å²) in [7, 11) is 1.79. The van der Waals surface area contributed by atoms with Crippen molar-refractivity contribution in [2.45, 2.75) is 50.0 Å². The Morgan fingerprint density at radius 3 is 2.14 bits per heavy atom. The van der Waals surface area contributed by atoms with Crippen LogP contribution in [-0.2, 0) is 16.2 Å². The van der Waals surface area contributed by atoms with Crippen LogP contribution in [0.2, 0.25) is 0 Å². The van der Waals surface area contributed by atoms with Gasteiger partial charge < -0.3 is 9.47 Å². The van der Waals surface area contributed by atoms with Crippen molar-refractivity contribution in [2.75, 3.05) is 14.2 Å². The van der Waals surface area contributed by atoms with E-state index < -0.39 is 10.8 Å². The Kier molecular flexibility index (Phi) is 5.80. The number of aromatic nitrogens is 3. The summed E-state index contributed by atoms with van der Waals surface area (Å²) in [6.07, 6.45) is 0. The highest BCUT2D eigenvalue weighted by Gasteiger charge is 2.21. The summed E-state index contributed by atoms with van der Waals surface area (Å²) in [5, 5.41) is 8.88. The monoisotopic (exact) mass is 413 g/mol. The molecule has 0 aliphatic heterocycles. The van der Waals surface area contributed by atoms with Crippen molar-refractivity contribution < 1.29 is 13.7 Å². The molecule has 0 aliphatic carbocycles. The van der Waals surface area contributed by atoms with Crippen molar-refractivity contribution in [1.29, 1.82) is 0 Å². The Labute approximate surface area is 174 Å². The van der Waals surface area contributed by atoms with E-state index in [0.29, 0.717) is 27.1 Å². The lowest BCUT2D eigenvalue weighted by molar-refractivity contribution is 0.397. The lowest BCUT2D eigenvalue weighted by Crippen LogP contribution is -2.10. The van der Waals surface area contributed by atoms with Crippen LogP contribution in [0.1, 0.15) is 37.6 Å². The van der Waals surface area contributed by atoms with Gasteiger partial charge in [-0.3, -0.25) is 0 Å². The van der Waals surface area contributed by atoms with Gasteiger partial charge in [0.25, 0.3) is 0 Å². The van der Waals surface area contributed by atoms with E-state index in [1.807, 2.05) is 50.2 Å². The third kappa shape index (κ3) is 4.05. The summed E-state index contributed by atoms with van der Waals surface area (Å²) in [6.45, 7) is 10.2. The highest BCUT2D eigenvalue weighted by atomic mass is 32.2. The van der Waals surface area contributed by atoms with E-state index in [4.69, 9.17) is 9.47 Å². The molecule has 3 rings (SSSR count). The van der Waals surface area contributed by atoms with Crippen molar-refractivity contribution in [3.05, 3.63) is 53.2 Å². The van der Waals surface area contributed by atoms with Crippen LogP contribution in [0.3, 0.4) is 0 Å². The fraction of sp³-hybridized carbons (Fsp3) is 0.364. The SMILES string of the molecule is COc1cc(-n2nnc(S(=O)c3ccc(C(C)(C)C)cc3)c2C)c(OC)cc1C. The van der Waals surface area contributed by atoms with Crippen LogP contribution in [0.4, 0.5) is 0 Å². The van der Waals surface area contributed by atoms with Crippen LogP contribution < -0.4 is 9.47 Å². The van der Waals surface area contributed by atoms with Gasteiger partial charge in [-0.05, 0) is 48.6 Å². The van der Waals surface area contributed by atoms with Crippen LogP contribution >= 0.6 is 0 Å². The molecule has 0 amide bonds. The highest BCUT2D eigenvalue weighted by molar-refractivity contribution is 7.85. The molecule has 0 bridgehead atoms. The van der Waals surface area contributed by atoms with Crippen LogP contribution in [0.5, 0.6) is 11.5 Å². The van der Waals surface area contributed by atoms with Gasteiger partial charge in [-0.25, -0.2) is 8.89 Å². The van der Waals surface area contributed by atoms with Gasteiger partial charge in [0, 0.05) is 11.0 Å². The second kappa shape index (κ2) is 7.99. The third-order valence-electron chi connectivity index (χ3n) is 4.89. The molecule has 0 aliphatic rings. The minimum absolute atomic E-state index is 0.0418. The number of methoxy groups -OCH3 is 2. The largest absolute Gasteiger partial charge is 0.496 e. The van der Waals surface area contributed by atoms with Gasteiger partial charge in [0.1, 0.15) is 28.0 Å². The van der Waals surface area contributed by atoms with E-state index in [9.17, 15) is 4.21 Å². The third-order valence-corrected chi connectivity index (χ3v) is 6.32. The van der Waals surface area contributed by atoms with Gasteiger partial charge in [0.05, 0.1) is 19.9 Å². The molecular weight excluding hydrogens is 386 g/mol.